The number of hydrogen-bond acceptors (Lipinski definition) is 5. The first kappa shape index (κ1) is 11.0. The zero-order chi connectivity index (χ0) is 12.5. The monoisotopic (exact) mass is 257 g/mol. The summed E-state index contributed by atoms with van der Waals surface area (Å²) < 4.78 is 1.77. The summed E-state index contributed by atoms with van der Waals surface area (Å²) in [4.78, 5) is 8.58. The molecule has 0 atom stereocenters. The van der Waals surface area contributed by atoms with E-state index in [0.29, 0.717) is 5.69 Å². The van der Waals surface area contributed by atoms with Gasteiger partial charge in [0.05, 0.1) is 11.7 Å². The number of anilines is 1. The molecule has 0 bridgehead atoms. The number of nitrogen functional groups attached to an aromatic ring is 1. The van der Waals surface area contributed by atoms with Gasteiger partial charge in [0.25, 0.3) is 0 Å². The summed E-state index contributed by atoms with van der Waals surface area (Å²) >= 11 is 1.50. The highest BCUT2D eigenvalue weighted by Gasteiger charge is 2.07. The fraction of sp³-hybridized carbons (Fsp3) is 0.0833. The lowest BCUT2D eigenvalue weighted by Gasteiger charge is -2.03. The lowest BCUT2D eigenvalue weighted by Crippen LogP contribution is -2.01. The van der Waals surface area contributed by atoms with Crippen LogP contribution in [0, 0.1) is 0 Å². The van der Waals surface area contributed by atoms with Gasteiger partial charge in [0.1, 0.15) is 0 Å². The highest BCUT2D eigenvalue weighted by Crippen LogP contribution is 2.20. The van der Waals surface area contributed by atoms with Gasteiger partial charge >= 0.3 is 0 Å². The Morgan fingerprint density at radius 3 is 3.00 bits per heavy atom. The zero-order valence-electron chi connectivity index (χ0n) is 9.74. The van der Waals surface area contributed by atoms with Gasteiger partial charge in [0.2, 0.25) is 0 Å². The molecule has 0 unspecified atom stereocenters. The number of fused-ring (bicyclic) bond motifs is 1. The highest BCUT2D eigenvalue weighted by molar-refractivity contribution is 7.98. The lowest BCUT2D eigenvalue weighted by molar-refractivity contribution is 0.828. The number of nitrogens with two attached hydrogens (primary N) is 1. The molecular weight excluding hydrogens is 246 g/mol. The van der Waals surface area contributed by atoms with Crippen LogP contribution in [0.1, 0.15) is 0 Å². The summed E-state index contributed by atoms with van der Waals surface area (Å²) in [5, 5.41) is 6.10. The van der Waals surface area contributed by atoms with Gasteiger partial charge in [0, 0.05) is 23.3 Å². The zero-order valence-corrected chi connectivity index (χ0v) is 10.6. The van der Waals surface area contributed by atoms with E-state index in [0.717, 1.165) is 21.9 Å². The van der Waals surface area contributed by atoms with Crippen LogP contribution in [0.2, 0.25) is 0 Å². The molecule has 3 rings (SSSR count). The van der Waals surface area contributed by atoms with Crippen molar-refractivity contribution in [1.29, 1.82) is 0 Å². The van der Waals surface area contributed by atoms with Crippen molar-refractivity contribution in [3.63, 3.8) is 0 Å². The Morgan fingerprint density at radius 2 is 2.17 bits per heavy atom. The first-order valence-electron chi connectivity index (χ1n) is 5.38. The SMILES string of the molecule is CSc1nccc(-n2ncc3ccc(N)cc32)n1. The Morgan fingerprint density at radius 1 is 1.28 bits per heavy atom. The molecule has 90 valence electrons. The molecule has 6 heteroatoms. The standard InChI is InChI=1S/C12H11N5S/c1-18-12-14-5-4-11(16-12)17-10-6-9(13)3-2-8(10)7-15-17/h2-7H,13H2,1H3. The Balaban J connectivity index is 2.21. The van der Waals surface area contributed by atoms with Crippen LogP contribution < -0.4 is 5.73 Å². The van der Waals surface area contributed by atoms with E-state index in [1.165, 1.54) is 11.8 Å². The molecule has 0 spiro atoms. The van der Waals surface area contributed by atoms with Crippen LogP contribution in [0.4, 0.5) is 5.69 Å². The third kappa shape index (κ3) is 1.80. The number of aromatic nitrogens is 4. The summed E-state index contributed by atoms with van der Waals surface area (Å²) in [6.45, 7) is 0. The fourth-order valence-corrected chi connectivity index (χ4v) is 2.12. The largest absolute Gasteiger partial charge is 0.399 e. The number of nitrogens with zero attached hydrogens (tertiary/aromatic N) is 4. The fourth-order valence-electron chi connectivity index (χ4n) is 1.77. The topological polar surface area (TPSA) is 69.6 Å². The van der Waals surface area contributed by atoms with E-state index in [4.69, 9.17) is 5.73 Å². The maximum absolute atomic E-state index is 5.81. The van der Waals surface area contributed by atoms with Gasteiger partial charge in [-0.15, -0.1) is 0 Å². The first-order chi connectivity index (χ1) is 8.78. The van der Waals surface area contributed by atoms with Crippen LogP contribution in [0.5, 0.6) is 0 Å². The van der Waals surface area contributed by atoms with Crippen molar-refractivity contribution in [3.05, 3.63) is 36.7 Å². The third-order valence-electron chi connectivity index (χ3n) is 2.61. The highest BCUT2D eigenvalue weighted by atomic mass is 32.2. The molecule has 2 N–H and O–H groups in total. The number of thioether (sulfide) groups is 1. The normalized spacial score (nSPS) is 10.9. The second kappa shape index (κ2) is 4.30. The van der Waals surface area contributed by atoms with Crippen molar-refractivity contribution in [2.24, 2.45) is 0 Å². The summed E-state index contributed by atoms with van der Waals surface area (Å²) in [6, 6.07) is 7.53. The van der Waals surface area contributed by atoms with Crippen LogP contribution in [0.15, 0.2) is 41.8 Å². The number of benzene rings is 1. The average molecular weight is 257 g/mol. The molecule has 2 aromatic heterocycles. The molecule has 0 aliphatic carbocycles. The molecule has 0 fully saturated rings. The predicted octanol–water partition coefficient (Wildman–Crippen LogP) is 2.12. The van der Waals surface area contributed by atoms with Gasteiger partial charge in [-0.1, -0.05) is 11.8 Å². The van der Waals surface area contributed by atoms with Gasteiger partial charge in [-0.2, -0.15) is 5.10 Å². The van der Waals surface area contributed by atoms with Gasteiger partial charge in [-0.25, -0.2) is 14.6 Å². The van der Waals surface area contributed by atoms with Crippen LogP contribution in [-0.4, -0.2) is 26.0 Å². The molecule has 0 aliphatic rings. The van der Waals surface area contributed by atoms with E-state index in [-0.39, 0.29) is 0 Å². The van der Waals surface area contributed by atoms with Crippen molar-refractivity contribution < 1.29 is 0 Å². The van der Waals surface area contributed by atoms with Crippen LogP contribution in [-0.2, 0) is 0 Å². The minimum Gasteiger partial charge on any atom is -0.399 e. The average Bonchev–Trinajstić information content (AvgIpc) is 2.81. The minimum atomic E-state index is 0.711. The smallest absolute Gasteiger partial charge is 0.189 e. The van der Waals surface area contributed by atoms with Crippen LogP contribution in [0.3, 0.4) is 0 Å². The Labute approximate surface area is 108 Å². The van der Waals surface area contributed by atoms with Gasteiger partial charge in [0.15, 0.2) is 11.0 Å². The van der Waals surface area contributed by atoms with Gasteiger partial charge < -0.3 is 5.73 Å². The third-order valence-corrected chi connectivity index (χ3v) is 3.18. The second-order valence-corrected chi connectivity index (χ2v) is 4.55. The number of rotatable bonds is 2. The molecule has 1 aromatic carbocycles. The van der Waals surface area contributed by atoms with Gasteiger partial charge in [-0.05, 0) is 24.5 Å². The molecule has 0 saturated heterocycles. The Kier molecular flexibility index (Phi) is 2.64. The molecule has 18 heavy (non-hydrogen) atoms. The predicted molar refractivity (Wildman–Crippen MR) is 72.9 cm³/mol. The summed E-state index contributed by atoms with van der Waals surface area (Å²) in [5.41, 5.74) is 7.46. The maximum atomic E-state index is 5.81. The minimum absolute atomic E-state index is 0.711. The van der Waals surface area contributed by atoms with Crippen molar-refractivity contribution in [2.75, 3.05) is 12.0 Å². The summed E-state index contributed by atoms with van der Waals surface area (Å²) in [5.74, 6) is 0.745. The van der Waals surface area contributed by atoms with Crippen molar-refractivity contribution in [1.82, 2.24) is 19.7 Å². The van der Waals surface area contributed by atoms with Crippen molar-refractivity contribution in [2.45, 2.75) is 5.16 Å². The second-order valence-electron chi connectivity index (χ2n) is 3.78. The van der Waals surface area contributed by atoms with Crippen molar-refractivity contribution in [3.8, 4) is 5.82 Å². The molecular formula is C12H11N5S. The number of hydrogen-bond donors (Lipinski definition) is 1. The molecule has 3 aromatic rings. The molecule has 5 nitrogen and oxygen atoms in total. The summed E-state index contributed by atoms with van der Waals surface area (Å²) in [6.07, 6.45) is 5.47. The van der Waals surface area contributed by atoms with E-state index in [2.05, 4.69) is 15.1 Å². The van der Waals surface area contributed by atoms with E-state index in [1.54, 1.807) is 17.1 Å². The Hall–Kier alpha value is -2.08. The van der Waals surface area contributed by atoms with E-state index in [1.807, 2.05) is 30.5 Å². The van der Waals surface area contributed by atoms with E-state index < -0.39 is 0 Å². The maximum Gasteiger partial charge on any atom is 0.189 e. The van der Waals surface area contributed by atoms with Crippen LogP contribution >= 0.6 is 11.8 Å². The van der Waals surface area contributed by atoms with Crippen molar-refractivity contribution >= 4 is 28.4 Å². The molecule has 0 radical (unpaired) electrons. The molecule has 0 aliphatic heterocycles. The van der Waals surface area contributed by atoms with Crippen LogP contribution in [0.25, 0.3) is 16.7 Å². The summed E-state index contributed by atoms with van der Waals surface area (Å²) in [7, 11) is 0. The Bertz CT molecular complexity index is 707. The lowest BCUT2D eigenvalue weighted by atomic mass is 10.2. The molecule has 0 amide bonds. The first-order valence-corrected chi connectivity index (χ1v) is 6.61. The quantitative estimate of drug-likeness (QED) is 0.432. The van der Waals surface area contributed by atoms with E-state index >= 15 is 0 Å². The molecule has 0 saturated carbocycles. The molecule has 2 heterocycles. The van der Waals surface area contributed by atoms with Gasteiger partial charge in [-0.3, -0.25) is 0 Å². The van der Waals surface area contributed by atoms with E-state index in [9.17, 15) is 0 Å².